The van der Waals surface area contributed by atoms with E-state index in [0.29, 0.717) is 11.5 Å². The van der Waals surface area contributed by atoms with Gasteiger partial charge < -0.3 is 14.6 Å². The molecule has 0 aliphatic carbocycles. The number of nitrogens with zero attached hydrogens (tertiary/aromatic N) is 1. The van der Waals surface area contributed by atoms with E-state index < -0.39 is 12.0 Å². The first-order valence-corrected chi connectivity index (χ1v) is 5.07. The summed E-state index contributed by atoms with van der Waals surface area (Å²) in [6.45, 7) is 1.58. The predicted molar refractivity (Wildman–Crippen MR) is 60.0 cm³/mol. The minimum atomic E-state index is -1.08. The molecule has 90 valence electrons. The Morgan fingerprint density at radius 2 is 2.29 bits per heavy atom. The molecule has 0 saturated heterocycles. The fraction of sp³-hybridized carbons (Fsp3) is 0.273. The number of hydrogen-bond acceptors (Lipinski definition) is 5. The van der Waals surface area contributed by atoms with Gasteiger partial charge in [0.25, 0.3) is 5.91 Å². The Labute approximate surface area is 97.8 Å². The number of benzene rings is 1. The van der Waals surface area contributed by atoms with E-state index in [4.69, 9.17) is 14.6 Å². The van der Waals surface area contributed by atoms with Gasteiger partial charge in [-0.05, 0) is 30.7 Å². The molecule has 6 nitrogen and oxygen atoms in total. The van der Waals surface area contributed by atoms with Gasteiger partial charge in [0.15, 0.2) is 11.5 Å². The average Bonchev–Trinajstić information content (AvgIpc) is 2.75. The van der Waals surface area contributed by atoms with Crippen LogP contribution in [0.4, 0.5) is 0 Å². The third-order valence-corrected chi connectivity index (χ3v) is 2.16. The SMILES string of the molecule is CC(O)C(=O)NN=Cc1ccc2c(c1)OCO2. The van der Waals surface area contributed by atoms with Gasteiger partial charge in [0.05, 0.1) is 6.21 Å². The second-order valence-corrected chi connectivity index (χ2v) is 3.52. The van der Waals surface area contributed by atoms with Gasteiger partial charge in [-0.3, -0.25) is 4.79 Å². The van der Waals surface area contributed by atoms with E-state index in [9.17, 15) is 4.79 Å². The highest BCUT2D eigenvalue weighted by molar-refractivity contribution is 5.84. The van der Waals surface area contributed by atoms with Gasteiger partial charge in [-0.15, -0.1) is 0 Å². The van der Waals surface area contributed by atoms with Crippen LogP contribution >= 0.6 is 0 Å². The Bertz CT molecular complexity index is 457. The zero-order valence-corrected chi connectivity index (χ0v) is 9.21. The maximum absolute atomic E-state index is 11.0. The lowest BCUT2D eigenvalue weighted by Crippen LogP contribution is -2.28. The summed E-state index contributed by atoms with van der Waals surface area (Å²) in [5.74, 6) is 0.785. The molecule has 6 heteroatoms. The molecular formula is C11H12N2O4. The molecule has 2 N–H and O–H groups in total. The molecule has 0 bridgehead atoms. The smallest absolute Gasteiger partial charge is 0.268 e. The predicted octanol–water partition coefficient (Wildman–Crippen LogP) is 0.246. The Morgan fingerprint density at radius 3 is 3.06 bits per heavy atom. The molecule has 1 unspecified atom stereocenters. The molecule has 1 aliphatic rings. The number of carbonyl (C=O) groups excluding carboxylic acids is 1. The van der Waals surface area contributed by atoms with Crippen molar-refractivity contribution < 1.29 is 19.4 Å². The molecule has 0 radical (unpaired) electrons. The van der Waals surface area contributed by atoms with Crippen molar-refractivity contribution in [1.29, 1.82) is 0 Å². The van der Waals surface area contributed by atoms with E-state index in [1.54, 1.807) is 18.2 Å². The van der Waals surface area contributed by atoms with Crippen LogP contribution in [0.2, 0.25) is 0 Å². The maximum atomic E-state index is 11.0. The third kappa shape index (κ3) is 2.73. The second-order valence-electron chi connectivity index (χ2n) is 3.52. The molecule has 0 saturated carbocycles. The normalized spacial score (nSPS) is 14.9. The van der Waals surface area contributed by atoms with E-state index >= 15 is 0 Å². The Hall–Kier alpha value is -2.08. The quantitative estimate of drug-likeness (QED) is 0.582. The largest absolute Gasteiger partial charge is 0.454 e. The second kappa shape index (κ2) is 4.84. The molecule has 1 atom stereocenters. The number of nitrogens with one attached hydrogen (secondary N) is 1. The molecule has 1 aromatic rings. The van der Waals surface area contributed by atoms with Gasteiger partial charge in [-0.1, -0.05) is 0 Å². The van der Waals surface area contributed by atoms with Crippen LogP contribution in [0.1, 0.15) is 12.5 Å². The number of amides is 1. The number of aliphatic hydroxyl groups is 1. The molecule has 1 aliphatic heterocycles. The van der Waals surface area contributed by atoms with Gasteiger partial charge >= 0.3 is 0 Å². The van der Waals surface area contributed by atoms with Crippen molar-refractivity contribution in [1.82, 2.24) is 5.43 Å². The number of rotatable bonds is 3. The fourth-order valence-electron chi connectivity index (χ4n) is 1.26. The van der Waals surface area contributed by atoms with Crippen LogP contribution in [-0.4, -0.2) is 30.1 Å². The fourth-order valence-corrected chi connectivity index (χ4v) is 1.26. The lowest BCUT2D eigenvalue weighted by Gasteiger charge is -2.01. The number of fused-ring (bicyclic) bond motifs is 1. The molecular weight excluding hydrogens is 224 g/mol. The number of ether oxygens (including phenoxy) is 2. The van der Waals surface area contributed by atoms with Gasteiger partial charge in [0, 0.05) is 0 Å². The number of hydrazone groups is 1. The summed E-state index contributed by atoms with van der Waals surface area (Å²) in [6, 6.07) is 5.30. The van der Waals surface area contributed by atoms with Crippen LogP contribution in [0.3, 0.4) is 0 Å². The van der Waals surface area contributed by atoms with Crippen molar-refractivity contribution in [2.24, 2.45) is 5.10 Å². The van der Waals surface area contributed by atoms with Crippen LogP contribution in [0, 0.1) is 0 Å². The molecule has 2 rings (SSSR count). The molecule has 1 heterocycles. The summed E-state index contributed by atoms with van der Waals surface area (Å²) in [7, 11) is 0. The van der Waals surface area contributed by atoms with Crippen molar-refractivity contribution in [2.75, 3.05) is 6.79 Å². The minimum Gasteiger partial charge on any atom is -0.454 e. The molecule has 1 amide bonds. The van der Waals surface area contributed by atoms with Gasteiger partial charge in [-0.25, -0.2) is 5.43 Å². The average molecular weight is 236 g/mol. The molecule has 0 spiro atoms. The first-order valence-electron chi connectivity index (χ1n) is 5.07. The zero-order valence-electron chi connectivity index (χ0n) is 9.21. The lowest BCUT2D eigenvalue weighted by molar-refractivity contribution is -0.128. The highest BCUT2D eigenvalue weighted by Gasteiger charge is 2.12. The van der Waals surface area contributed by atoms with E-state index in [-0.39, 0.29) is 6.79 Å². The first kappa shape index (κ1) is 11.4. The minimum absolute atomic E-state index is 0.217. The highest BCUT2D eigenvalue weighted by Crippen LogP contribution is 2.31. The molecule has 0 fully saturated rings. The lowest BCUT2D eigenvalue weighted by atomic mass is 10.2. The van der Waals surface area contributed by atoms with E-state index in [1.165, 1.54) is 13.1 Å². The maximum Gasteiger partial charge on any atom is 0.268 e. The summed E-state index contributed by atoms with van der Waals surface area (Å²) < 4.78 is 10.4. The van der Waals surface area contributed by atoms with E-state index in [0.717, 1.165) is 5.56 Å². The van der Waals surface area contributed by atoms with Crippen molar-refractivity contribution in [3.8, 4) is 11.5 Å². The summed E-state index contributed by atoms with van der Waals surface area (Å²) >= 11 is 0. The Morgan fingerprint density at radius 1 is 1.53 bits per heavy atom. The summed E-state index contributed by atoms with van der Waals surface area (Å²) in [5, 5.41) is 12.6. The van der Waals surface area contributed by atoms with Crippen LogP contribution in [0.25, 0.3) is 0 Å². The highest BCUT2D eigenvalue weighted by atomic mass is 16.7. The number of hydrogen-bond donors (Lipinski definition) is 2. The van der Waals surface area contributed by atoms with Crippen LogP contribution < -0.4 is 14.9 Å². The summed E-state index contributed by atoms with van der Waals surface area (Å²) in [5.41, 5.74) is 2.97. The monoisotopic (exact) mass is 236 g/mol. The van der Waals surface area contributed by atoms with E-state index in [2.05, 4.69) is 10.5 Å². The topological polar surface area (TPSA) is 80.2 Å². The van der Waals surface area contributed by atoms with Gasteiger partial charge in [0.1, 0.15) is 6.10 Å². The van der Waals surface area contributed by atoms with Crippen molar-refractivity contribution in [3.05, 3.63) is 23.8 Å². The third-order valence-electron chi connectivity index (χ3n) is 2.16. The summed E-state index contributed by atoms with van der Waals surface area (Å²) in [4.78, 5) is 11.0. The van der Waals surface area contributed by atoms with Crippen LogP contribution in [0.15, 0.2) is 23.3 Å². The number of aliphatic hydroxyl groups excluding tert-OH is 1. The van der Waals surface area contributed by atoms with Crippen molar-refractivity contribution in [3.63, 3.8) is 0 Å². The van der Waals surface area contributed by atoms with Gasteiger partial charge in [-0.2, -0.15) is 5.10 Å². The Kier molecular flexibility index (Phi) is 3.24. The van der Waals surface area contributed by atoms with Gasteiger partial charge in [0.2, 0.25) is 6.79 Å². The Balaban J connectivity index is 1.99. The van der Waals surface area contributed by atoms with Crippen molar-refractivity contribution >= 4 is 12.1 Å². The van der Waals surface area contributed by atoms with Crippen LogP contribution in [0.5, 0.6) is 11.5 Å². The standard InChI is InChI=1S/C11H12N2O4/c1-7(14)11(15)13-12-5-8-2-3-9-10(4-8)17-6-16-9/h2-5,7,14H,6H2,1H3,(H,13,15). The molecule has 17 heavy (non-hydrogen) atoms. The van der Waals surface area contributed by atoms with Crippen molar-refractivity contribution in [2.45, 2.75) is 13.0 Å². The first-order chi connectivity index (χ1) is 8.16. The zero-order chi connectivity index (χ0) is 12.3. The summed E-state index contributed by atoms with van der Waals surface area (Å²) in [6.07, 6.45) is 0.381. The molecule has 0 aromatic heterocycles. The molecule has 1 aromatic carbocycles. The number of carbonyl (C=O) groups is 1. The van der Waals surface area contributed by atoms with E-state index in [1.807, 2.05) is 0 Å². The van der Waals surface area contributed by atoms with Crippen LogP contribution in [-0.2, 0) is 4.79 Å².